The standard InChI is InChI=1S/C27H29ClFNO4/c1-18(2)30-17-27(32,20-7-5-4-6-8-20)21-10-11-23(28)22(15-21)25-19(16-31)9-12-24(26(25)29)34-14-13-33-3/h4-12,15-16,18,30,32H,13-14,17H2,1-3H3. The molecule has 0 radical (unpaired) electrons. The maximum atomic E-state index is 15.6. The van der Waals surface area contributed by atoms with Crippen molar-refractivity contribution in [2.75, 3.05) is 26.9 Å². The molecule has 1 unspecified atom stereocenters. The number of carbonyl (C=O) groups excluding carboxylic acids is 1. The third-order valence-electron chi connectivity index (χ3n) is 5.54. The van der Waals surface area contributed by atoms with Crippen LogP contribution in [0.3, 0.4) is 0 Å². The van der Waals surface area contributed by atoms with Gasteiger partial charge >= 0.3 is 0 Å². The monoisotopic (exact) mass is 485 g/mol. The van der Waals surface area contributed by atoms with Crippen molar-refractivity contribution >= 4 is 17.9 Å². The lowest BCUT2D eigenvalue weighted by atomic mass is 9.84. The highest BCUT2D eigenvalue weighted by Gasteiger charge is 2.33. The van der Waals surface area contributed by atoms with Crippen LogP contribution in [-0.4, -0.2) is 44.3 Å². The zero-order valence-electron chi connectivity index (χ0n) is 19.5. The molecule has 3 aromatic carbocycles. The first-order valence-corrected chi connectivity index (χ1v) is 11.4. The van der Waals surface area contributed by atoms with Crippen LogP contribution in [0.15, 0.2) is 60.7 Å². The molecule has 0 bridgehead atoms. The Hall–Kier alpha value is -2.77. The number of hydrogen-bond acceptors (Lipinski definition) is 5. The number of methoxy groups -OCH3 is 1. The van der Waals surface area contributed by atoms with Gasteiger partial charge in [-0.3, -0.25) is 4.79 Å². The molecule has 0 heterocycles. The summed E-state index contributed by atoms with van der Waals surface area (Å²) in [5.41, 5.74) is 0.185. The average molecular weight is 486 g/mol. The van der Waals surface area contributed by atoms with Gasteiger partial charge in [-0.15, -0.1) is 0 Å². The SMILES string of the molecule is COCCOc1ccc(C=O)c(-c2cc(C(O)(CNC(C)C)c3ccccc3)ccc2Cl)c1F. The van der Waals surface area contributed by atoms with E-state index in [2.05, 4.69) is 5.32 Å². The largest absolute Gasteiger partial charge is 0.488 e. The smallest absolute Gasteiger partial charge is 0.173 e. The summed E-state index contributed by atoms with van der Waals surface area (Å²) >= 11 is 6.49. The topological polar surface area (TPSA) is 67.8 Å². The van der Waals surface area contributed by atoms with Crippen molar-refractivity contribution in [1.29, 1.82) is 0 Å². The second-order valence-corrected chi connectivity index (χ2v) is 8.66. The molecule has 180 valence electrons. The van der Waals surface area contributed by atoms with Gasteiger partial charge in [0.05, 0.1) is 6.61 Å². The van der Waals surface area contributed by atoms with Gasteiger partial charge in [-0.1, -0.05) is 61.8 Å². The molecule has 0 fully saturated rings. The molecule has 3 aromatic rings. The minimum atomic E-state index is -1.42. The van der Waals surface area contributed by atoms with Crippen molar-refractivity contribution in [1.82, 2.24) is 5.32 Å². The van der Waals surface area contributed by atoms with Crippen LogP contribution in [0.25, 0.3) is 11.1 Å². The van der Waals surface area contributed by atoms with E-state index >= 15 is 4.39 Å². The average Bonchev–Trinajstić information content (AvgIpc) is 2.84. The van der Waals surface area contributed by atoms with Crippen LogP contribution in [0.2, 0.25) is 5.02 Å². The second kappa shape index (κ2) is 11.6. The highest BCUT2D eigenvalue weighted by Crippen LogP contribution is 2.39. The number of hydrogen-bond donors (Lipinski definition) is 2. The lowest BCUT2D eigenvalue weighted by Crippen LogP contribution is -2.41. The van der Waals surface area contributed by atoms with Crippen LogP contribution in [0.4, 0.5) is 4.39 Å². The van der Waals surface area contributed by atoms with E-state index in [-0.39, 0.29) is 53.3 Å². The Morgan fingerprint density at radius 3 is 2.47 bits per heavy atom. The first kappa shape index (κ1) is 25.8. The Balaban J connectivity index is 2.16. The molecule has 0 aliphatic heterocycles. The van der Waals surface area contributed by atoms with E-state index in [1.54, 1.807) is 18.2 Å². The third-order valence-corrected chi connectivity index (χ3v) is 5.87. The Labute approximate surface area is 204 Å². The predicted octanol–water partition coefficient (Wildman–Crippen LogP) is 5.22. The highest BCUT2D eigenvalue weighted by atomic mass is 35.5. The van der Waals surface area contributed by atoms with Gasteiger partial charge in [0, 0.05) is 41.4 Å². The van der Waals surface area contributed by atoms with Gasteiger partial charge in [-0.05, 0) is 35.4 Å². The molecule has 0 saturated heterocycles. The van der Waals surface area contributed by atoms with Crippen LogP contribution < -0.4 is 10.1 Å². The molecule has 3 rings (SSSR count). The number of nitrogens with one attached hydrogen (secondary N) is 1. The Bertz CT molecular complexity index is 1120. The van der Waals surface area contributed by atoms with Gasteiger partial charge < -0.3 is 19.9 Å². The molecule has 2 N–H and O–H groups in total. The third kappa shape index (κ3) is 5.65. The van der Waals surface area contributed by atoms with Crippen molar-refractivity contribution in [2.24, 2.45) is 0 Å². The zero-order valence-corrected chi connectivity index (χ0v) is 20.2. The molecule has 0 amide bonds. The van der Waals surface area contributed by atoms with Crippen LogP contribution in [-0.2, 0) is 10.3 Å². The fourth-order valence-electron chi connectivity index (χ4n) is 3.70. The summed E-state index contributed by atoms with van der Waals surface area (Å²) in [6.45, 7) is 4.63. The summed E-state index contributed by atoms with van der Waals surface area (Å²) < 4.78 is 26.0. The number of ether oxygens (including phenoxy) is 2. The fraction of sp³-hybridized carbons (Fsp3) is 0.296. The molecule has 7 heteroatoms. The first-order chi connectivity index (χ1) is 16.3. The second-order valence-electron chi connectivity index (χ2n) is 8.26. The van der Waals surface area contributed by atoms with E-state index in [9.17, 15) is 9.90 Å². The molecule has 0 aromatic heterocycles. The maximum Gasteiger partial charge on any atom is 0.173 e. The zero-order chi connectivity index (χ0) is 24.7. The molecule has 1 atom stereocenters. The molecule has 0 spiro atoms. The van der Waals surface area contributed by atoms with Gasteiger partial charge in [0.1, 0.15) is 12.2 Å². The number of carbonyl (C=O) groups is 1. The first-order valence-electron chi connectivity index (χ1n) is 11.0. The summed E-state index contributed by atoms with van der Waals surface area (Å²) in [6, 6.07) is 17.2. The van der Waals surface area contributed by atoms with Gasteiger partial charge in [0.15, 0.2) is 17.9 Å². The Morgan fingerprint density at radius 1 is 1.09 bits per heavy atom. The van der Waals surface area contributed by atoms with Crippen molar-refractivity contribution in [3.05, 3.63) is 88.2 Å². The summed E-state index contributed by atoms with van der Waals surface area (Å²) in [6.07, 6.45) is 0.573. The Morgan fingerprint density at radius 2 is 1.82 bits per heavy atom. The molecule has 0 aliphatic carbocycles. The molecule has 0 aliphatic rings. The number of halogens is 2. The summed E-state index contributed by atoms with van der Waals surface area (Å²) in [5.74, 6) is -0.720. The van der Waals surface area contributed by atoms with Gasteiger partial charge in [-0.25, -0.2) is 4.39 Å². The molecule has 34 heavy (non-hydrogen) atoms. The predicted molar refractivity (Wildman–Crippen MR) is 132 cm³/mol. The van der Waals surface area contributed by atoms with Crippen molar-refractivity contribution < 1.29 is 23.8 Å². The van der Waals surface area contributed by atoms with E-state index in [1.807, 2.05) is 44.2 Å². The van der Waals surface area contributed by atoms with Gasteiger partial charge in [-0.2, -0.15) is 0 Å². The van der Waals surface area contributed by atoms with Crippen LogP contribution in [0.1, 0.15) is 35.3 Å². The van der Waals surface area contributed by atoms with Crippen molar-refractivity contribution in [3.8, 4) is 16.9 Å². The quantitative estimate of drug-likeness (QED) is 0.288. The van der Waals surface area contributed by atoms with E-state index in [4.69, 9.17) is 21.1 Å². The molecular weight excluding hydrogens is 457 g/mol. The Kier molecular flexibility index (Phi) is 8.80. The minimum Gasteiger partial charge on any atom is -0.488 e. The van der Waals surface area contributed by atoms with E-state index in [1.165, 1.54) is 19.2 Å². The van der Waals surface area contributed by atoms with Gasteiger partial charge in [0.25, 0.3) is 0 Å². The van der Waals surface area contributed by atoms with E-state index in [0.717, 1.165) is 0 Å². The van der Waals surface area contributed by atoms with Crippen LogP contribution in [0, 0.1) is 5.82 Å². The number of aldehydes is 1. The molecular formula is C27H29ClFNO4. The van der Waals surface area contributed by atoms with E-state index in [0.29, 0.717) is 17.4 Å². The lowest BCUT2D eigenvalue weighted by molar-refractivity contribution is 0.0778. The van der Waals surface area contributed by atoms with Crippen LogP contribution >= 0.6 is 11.6 Å². The van der Waals surface area contributed by atoms with Crippen LogP contribution in [0.5, 0.6) is 5.75 Å². The van der Waals surface area contributed by atoms with Gasteiger partial charge in [0.2, 0.25) is 0 Å². The summed E-state index contributed by atoms with van der Waals surface area (Å²) in [5, 5.41) is 15.4. The van der Waals surface area contributed by atoms with Crippen molar-refractivity contribution in [2.45, 2.75) is 25.5 Å². The number of aliphatic hydroxyl groups is 1. The lowest BCUT2D eigenvalue weighted by Gasteiger charge is -2.31. The number of rotatable bonds is 11. The van der Waals surface area contributed by atoms with Crippen molar-refractivity contribution in [3.63, 3.8) is 0 Å². The normalized spacial score (nSPS) is 13.0. The van der Waals surface area contributed by atoms with E-state index < -0.39 is 11.4 Å². The molecule has 0 saturated carbocycles. The fourth-order valence-corrected chi connectivity index (χ4v) is 3.91. The molecule has 5 nitrogen and oxygen atoms in total. The number of benzene rings is 3. The maximum absolute atomic E-state index is 15.6. The summed E-state index contributed by atoms with van der Waals surface area (Å²) in [4.78, 5) is 11.8. The highest BCUT2D eigenvalue weighted by molar-refractivity contribution is 6.33. The summed E-state index contributed by atoms with van der Waals surface area (Å²) in [7, 11) is 1.52. The minimum absolute atomic E-state index is 0.0149.